The molecule has 1 heterocycles. The molecule has 106 valence electrons. The van der Waals surface area contributed by atoms with Crippen LogP contribution >= 0.6 is 0 Å². The monoisotopic (exact) mass is 263 g/mol. The zero-order valence-electron chi connectivity index (χ0n) is 10.7. The van der Waals surface area contributed by atoms with Crippen LogP contribution in [-0.2, 0) is 14.3 Å². The molecule has 0 aromatic rings. The summed E-state index contributed by atoms with van der Waals surface area (Å²) < 4.78 is 10.3. The minimum atomic E-state index is -1.28. The maximum atomic E-state index is 11.6. The summed E-state index contributed by atoms with van der Waals surface area (Å²) in [6, 6.07) is -0.873. The van der Waals surface area contributed by atoms with E-state index >= 15 is 0 Å². The van der Waals surface area contributed by atoms with Crippen molar-refractivity contribution in [3.63, 3.8) is 0 Å². The summed E-state index contributed by atoms with van der Waals surface area (Å²) in [5.74, 6) is -0.540. The summed E-state index contributed by atoms with van der Waals surface area (Å²) in [5, 5.41) is 31.2. The molecule has 5 atom stereocenters. The van der Waals surface area contributed by atoms with E-state index in [0.717, 1.165) is 0 Å². The average molecular weight is 263 g/mol. The van der Waals surface area contributed by atoms with Gasteiger partial charge in [-0.05, 0) is 0 Å². The molecule has 0 aromatic heterocycles. The predicted molar refractivity (Wildman–Crippen MR) is 61.5 cm³/mol. The van der Waals surface area contributed by atoms with Crippen LogP contribution in [0, 0.1) is 5.92 Å². The van der Waals surface area contributed by atoms with Gasteiger partial charge < -0.3 is 30.1 Å². The number of carbonyl (C=O) groups excluding carboxylic acids is 1. The Morgan fingerprint density at radius 3 is 2.44 bits per heavy atom. The fourth-order valence-electron chi connectivity index (χ4n) is 1.77. The lowest BCUT2D eigenvalue weighted by Gasteiger charge is -2.41. The van der Waals surface area contributed by atoms with Gasteiger partial charge in [0.1, 0.15) is 24.4 Å². The quantitative estimate of drug-likeness (QED) is 0.477. The van der Waals surface area contributed by atoms with E-state index in [4.69, 9.17) is 14.6 Å². The van der Waals surface area contributed by atoms with Gasteiger partial charge in [0.05, 0.1) is 6.61 Å². The molecule has 0 spiro atoms. The highest BCUT2D eigenvalue weighted by Crippen LogP contribution is 2.21. The third kappa shape index (κ3) is 3.18. The van der Waals surface area contributed by atoms with Crippen molar-refractivity contribution in [1.29, 1.82) is 0 Å². The van der Waals surface area contributed by atoms with Gasteiger partial charge in [0, 0.05) is 13.0 Å². The first-order valence-electron chi connectivity index (χ1n) is 5.88. The third-order valence-electron chi connectivity index (χ3n) is 2.95. The van der Waals surface area contributed by atoms with Gasteiger partial charge in [-0.15, -0.1) is 0 Å². The smallest absolute Gasteiger partial charge is 0.223 e. The van der Waals surface area contributed by atoms with Gasteiger partial charge >= 0.3 is 0 Å². The van der Waals surface area contributed by atoms with E-state index < -0.39 is 37.3 Å². The zero-order chi connectivity index (χ0) is 13.9. The summed E-state index contributed by atoms with van der Waals surface area (Å²) >= 11 is 0. The summed E-state index contributed by atoms with van der Waals surface area (Å²) in [6.45, 7) is 2.98. The van der Waals surface area contributed by atoms with Crippen LogP contribution in [0.15, 0.2) is 0 Å². The number of aliphatic hydroxyl groups is 3. The largest absolute Gasteiger partial charge is 0.394 e. The second-order valence-electron chi connectivity index (χ2n) is 4.63. The Balaban J connectivity index is 2.78. The van der Waals surface area contributed by atoms with E-state index in [1.807, 2.05) is 0 Å². The number of hydrogen-bond acceptors (Lipinski definition) is 6. The Morgan fingerprint density at radius 2 is 2.00 bits per heavy atom. The third-order valence-corrected chi connectivity index (χ3v) is 2.95. The van der Waals surface area contributed by atoms with Crippen molar-refractivity contribution in [3.8, 4) is 0 Å². The Hall–Kier alpha value is -0.730. The number of rotatable bonds is 4. The van der Waals surface area contributed by atoms with Crippen LogP contribution in [0.5, 0.6) is 0 Å². The molecule has 0 bridgehead atoms. The number of amides is 1. The van der Waals surface area contributed by atoms with Crippen LogP contribution in [0.3, 0.4) is 0 Å². The first kappa shape index (κ1) is 15.3. The number of methoxy groups -OCH3 is 1. The molecule has 1 saturated heterocycles. The fraction of sp³-hybridized carbons (Fsp3) is 0.909. The summed E-state index contributed by atoms with van der Waals surface area (Å²) in [7, 11) is 1.36. The lowest BCUT2D eigenvalue weighted by atomic mass is 9.96. The maximum Gasteiger partial charge on any atom is 0.223 e. The van der Waals surface area contributed by atoms with E-state index in [0.29, 0.717) is 0 Å². The Kier molecular flexibility index (Phi) is 5.48. The van der Waals surface area contributed by atoms with E-state index in [1.54, 1.807) is 13.8 Å². The summed E-state index contributed by atoms with van der Waals surface area (Å²) in [5.41, 5.74) is 0. The van der Waals surface area contributed by atoms with E-state index in [9.17, 15) is 15.0 Å². The minimum Gasteiger partial charge on any atom is -0.394 e. The van der Waals surface area contributed by atoms with Crippen LogP contribution in [-0.4, -0.2) is 65.6 Å². The molecule has 1 rings (SSSR count). The minimum absolute atomic E-state index is 0.262. The molecule has 0 radical (unpaired) electrons. The standard InChI is InChI=1S/C11H21NO6/c1-5(2)10(16)12-7-9(15)8(14)6(4-13)18-11(7)17-3/h5-9,11,13-15H,4H2,1-3H3,(H,12,16)/t6-,7-,8-,9-,11-/m1/s1. The van der Waals surface area contributed by atoms with Gasteiger partial charge in [0.15, 0.2) is 6.29 Å². The molecule has 4 N–H and O–H groups in total. The second kappa shape index (κ2) is 6.44. The number of carbonyl (C=O) groups is 1. The van der Waals surface area contributed by atoms with Crippen LogP contribution in [0.2, 0.25) is 0 Å². The van der Waals surface area contributed by atoms with Gasteiger partial charge in [-0.3, -0.25) is 4.79 Å². The van der Waals surface area contributed by atoms with Crippen molar-refractivity contribution < 1.29 is 29.6 Å². The van der Waals surface area contributed by atoms with Gasteiger partial charge in [0.2, 0.25) is 5.91 Å². The van der Waals surface area contributed by atoms with Crippen LogP contribution in [0.4, 0.5) is 0 Å². The van der Waals surface area contributed by atoms with Crippen molar-refractivity contribution in [3.05, 3.63) is 0 Å². The number of aliphatic hydroxyl groups excluding tert-OH is 3. The molecule has 7 nitrogen and oxygen atoms in total. The average Bonchev–Trinajstić information content (AvgIpc) is 2.35. The van der Waals surface area contributed by atoms with E-state index in [1.165, 1.54) is 7.11 Å². The van der Waals surface area contributed by atoms with Crippen molar-refractivity contribution in [2.45, 2.75) is 44.5 Å². The molecule has 0 aliphatic carbocycles. The van der Waals surface area contributed by atoms with Crippen LogP contribution in [0.25, 0.3) is 0 Å². The molecule has 0 saturated carbocycles. The van der Waals surface area contributed by atoms with Gasteiger partial charge in [0.25, 0.3) is 0 Å². The summed E-state index contributed by atoms with van der Waals surface area (Å²) in [6.07, 6.45) is -4.39. The summed E-state index contributed by atoms with van der Waals surface area (Å²) in [4.78, 5) is 11.6. The van der Waals surface area contributed by atoms with Crippen molar-refractivity contribution in [2.75, 3.05) is 13.7 Å². The topological polar surface area (TPSA) is 108 Å². The number of nitrogens with one attached hydrogen (secondary N) is 1. The maximum absolute atomic E-state index is 11.6. The molecule has 1 aliphatic rings. The zero-order valence-corrected chi connectivity index (χ0v) is 10.7. The molecule has 7 heteroatoms. The van der Waals surface area contributed by atoms with E-state index in [2.05, 4.69) is 5.32 Å². The SMILES string of the molecule is CO[C@@H]1O[C@H](CO)[C@@H](O)[C@H](O)[C@H]1NC(=O)C(C)C. The van der Waals surface area contributed by atoms with E-state index in [-0.39, 0.29) is 11.8 Å². The number of hydrogen-bond donors (Lipinski definition) is 4. The van der Waals surface area contributed by atoms with Gasteiger partial charge in [-0.1, -0.05) is 13.8 Å². The normalized spacial score (nSPS) is 36.7. The van der Waals surface area contributed by atoms with Gasteiger partial charge in [-0.25, -0.2) is 0 Å². The second-order valence-corrected chi connectivity index (χ2v) is 4.63. The fourth-order valence-corrected chi connectivity index (χ4v) is 1.77. The molecular formula is C11H21NO6. The lowest BCUT2D eigenvalue weighted by molar-refractivity contribution is -0.262. The predicted octanol–water partition coefficient (Wildman–Crippen LogP) is -1.79. The first-order chi connectivity index (χ1) is 8.42. The highest BCUT2D eigenvalue weighted by molar-refractivity contribution is 5.78. The Bertz CT molecular complexity index is 283. The van der Waals surface area contributed by atoms with Gasteiger partial charge in [-0.2, -0.15) is 0 Å². The van der Waals surface area contributed by atoms with Crippen molar-refractivity contribution >= 4 is 5.91 Å². The highest BCUT2D eigenvalue weighted by Gasteiger charge is 2.45. The molecule has 1 amide bonds. The first-order valence-corrected chi connectivity index (χ1v) is 5.88. The van der Waals surface area contributed by atoms with Crippen LogP contribution in [0.1, 0.15) is 13.8 Å². The number of ether oxygens (including phenoxy) is 2. The molecule has 0 unspecified atom stereocenters. The van der Waals surface area contributed by atoms with Crippen molar-refractivity contribution in [1.82, 2.24) is 5.32 Å². The Labute approximate surface area is 106 Å². The highest BCUT2D eigenvalue weighted by atomic mass is 16.7. The van der Waals surface area contributed by atoms with Crippen LogP contribution < -0.4 is 5.32 Å². The molecular weight excluding hydrogens is 242 g/mol. The Morgan fingerprint density at radius 1 is 1.39 bits per heavy atom. The molecule has 1 fully saturated rings. The van der Waals surface area contributed by atoms with Crippen molar-refractivity contribution in [2.24, 2.45) is 5.92 Å². The molecule has 1 aliphatic heterocycles. The molecule has 18 heavy (non-hydrogen) atoms. The lowest BCUT2D eigenvalue weighted by Crippen LogP contribution is -2.64. The molecule has 0 aromatic carbocycles.